The first-order chi connectivity index (χ1) is 11.0. The Kier molecular flexibility index (Phi) is 4.19. The minimum atomic E-state index is -0.411. The molecule has 2 aliphatic heterocycles. The molecule has 0 saturated carbocycles. The molecular formula is C16H23N5O2. The van der Waals surface area contributed by atoms with Crippen LogP contribution in [0.15, 0.2) is 23.7 Å². The van der Waals surface area contributed by atoms with Gasteiger partial charge in [-0.15, -0.1) is 0 Å². The Labute approximate surface area is 136 Å². The molecule has 3 heterocycles. The van der Waals surface area contributed by atoms with Crippen LogP contribution in [0.5, 0.6) is 0 Å². The first kappa shape index (κ1) is 15.7. The van der Waals surface area contributed by atoms with Crippen LogP contribution in [0.25, 0.3) is 0 Å². The fourth-order valence-electron chi connectivity index (χ4n) is 3.06. The maximum absolute atomic E-state index is 12.4. The molecule has 0 bridgehead atoms. The highest BCUT2D eigenvalue weighted by atomic mass is 16.7. The summed E-state index contributed by atoms with van der Waals surface area (Å²) >= 11 is 0. The molecule has 0 aliphatic carbocycles. The number of oxime groups is 1. The molecule has 0 aromatic carbocycles. The number of carbonyl (C=O) groups excluding carboxylic acids is 1. The van der Waals surface area contributed by atoms with Crippen LogP contribution in [0.4, 0.5) is 5.82 Å². The third-order valence-electron chi connectivity index (χ3n) is 4.61. The van der Waals surface area contributed by atoms with Crippen LogP contribution in [0.3, 0.4) is 0 Å². The average Bonchev–Trinajstić information content (AvgIpc) is 2.97. The molecule has 124 valence electrons. The number of hydrogen-bond acceptors (Lipinski definition) is 6. The first-order valence-corrected chi connectivity index (χ1v) is 8.04. The van der Waals surface area contributed by atoms with Gasteiger partial charge in [0.15, 0.2) is 5.60 Å². The van der Waals surface area contributed by atoms with Gasteiger partial charge in [-0.3, -0.25) is 4.79 Å². The van der Waals surface area contributed by atoms with E-state index in [2.05, 4.69) is 20.0 Å². The number of carbonyl (C=O) groups is 1. The van der Waals surface area contributed by atoms with Gasteiger partial charge in [0, 0.05) is 32.3 Å². The molecule has 0 N–H and O–H groups in total. The van der Waals surface area contributed by atoms with Gasteiger partial charge in [-0.25, -0.2) is 9.97 Å². The van der Waals surface area contributed by atoms with Crippen LogP contribution in [0.2, 0.25) is 0 Å². The van der Waals surface area contributed by atoms with Gasteiger partial charge in [0.2, 0.25) is 0 Å². The average molecular weight is 317 g/mol. The van der Waals surface area contributed by atoms with Crippen molar-refractivity contribution in [3.05, 3.63) is 18.6 Å². The molecule has 0 unspecified atom stereocenters. The number of rotatable bonds is 3. The van der Waals surface area contributed by atoms with E-state index in [4.69, 9.17) is 4.84 Å². The molecule has 7 heteroatoms. The summed E-state index contributed by atoms with van der Waals surface area (Å²) in [7, 11) is 1.80. The molecule has 1 spiro atoms. The maximum Gasteiger partial charge on any atom is 0.271 e. The van der Waals surface area contributed by atoms with E-state index >= 15 is 0 Å². The largest absolute Gasteiger partial charge is 0.386 e. The van der Waals surface area contributed by atoms with E-state index in [0.717, 1.165) is 25.2 Å². The monoisotopic (exact) mass is 317 g/mol. The summed E-state index contributed by atoms with van der Waals surface area (Å²) in [6, 6.07) is 2.04. The van der Waals surface area contributed by atoms with Gasteiger partial charge < -0.3 is 14.6 Å². The van der Waals surface area contributed by atoms with Crippen molar-refractivity contribution in [2.45, 2.75) is 44.8 Å². The summed E-state index contributed by atoms with van der Waals surface area (Å²) in [5, 5.41) is 4.11. The highest BCUT2D eigenvalue weighted by Crippen LogP contribution is 2.35. The third kappa shape index (κ3) is 3.13. The number of amides is 1. The van der Waals surface area contributed by atoms with Crippen LogP contribution in [0.1, 0.15) is 33.1 Å². The van der Waals surface area contributed by atoms with E-state index in [1.54, 1.807) is 24.5 Å². The van der Waals surface area contributed by atoms with Gasteiger partial charge in [-0.2, -0.15) is 0 Å². The maximum atomic E-state index is 12.4. The van der Waals surface area contributed by atoms with Gasteiger partial charge in [0.05, 0.1) is 6.54 Å². The zero-order valence-electron chi connectivity index (χ0n) is 13.9. The summed E-state index contributed by atoms with van der Waals surface area (Å²) in [5.74, 6) is 0.845. The molecular weight excluding hydrogens is 294 g/mol. The molecule has 3 rings (SSSR count). The topological polar surface area (TPSA) is 70.9 Å². The predicted octanol–water partition coefficient (Wildman–Crippen LogP) is 1.46. The smallest absolute Gasteiger partial charge is 0.271 e. The summed E-state index contributed by atoms with van der Waals surface area (Å²) in [4.78, 5) is 30.3. The molecule has 1 atom stereocenters. The van der Waals surface area contributed by atoms with Crippen molar-refractivity contribution in [2.75, 3.05) is 25.0 Å². The Morgan fingerprint density at radius 3 is 3.00 bits per heavy atom. The Bertz CT molecular complexity index is 604. The second-order valence-electron chi connectivity index (χ2n) is 6.59. The van der Waals surface area contributed by atoms with Crippen LogP contribution in [0, 0.1) is 0 Å². The van der Waals surface area contributed by atoms with E-state index in [9.17, 15) is 4.79 Å². The first-order valence-electron chi connectivity index (χ1n) is 8.04. The van der Waals surface area contributed by atoms with Crippen molar-refractivity contribution < 1.29 is 9.63 Å². The summed E-state index contributed by atoms with van der Waals surface area (Å²) in [5.41, 5.74) is 0.108. The molecule has 23 heavy (non-hydrogen) atoms. The number of nitrogens with zero attached hydrogens (tertiary/aromatic N) is 5. The Morgan fingerprint density at radius 1 is 1.48 bits per heavy atom. The van der Waals surface area contributed by atoms with Gasteiger partial charge in [-0.1, -0.05) is 5.16 Å². The quantitative estimate of drug-likeness (QED) is 0.844. The van der Waals surface area contributed by atoms with Crippen LogP contribution in [-0.2, 0) is 9.63 Å². The number of piperidine rings is 1. The highest BCUT2D eigenvalue weighted by Gasteiger charge is 2.45. The van der Waals surface area contributed by atoms with Crippen LogP contribution in [-0.4, -0.2) is 58.3 Å². The molecule has 1 saturated heterocycles. The van der Waals surface area contributed by atoms with Crippen molar-refractivity contribution in [1.82, 2.24) is 14.9 Å². The molecule has 2 aliphatic rings. The molecule has 1 amide bonds. The molecule has 0 radical (unpaired) electrons. The fourth-order valence-corrected chi connectivity index (χ4v) is 3.06. The summed E-state index contributed by atoms with van der Waals surface area (Å²) in [6.07, 6.45) is 5.74. The minimum Gasteiger partial charge on any atom is -0.386 e. The highest BCUT2D eigenvalue weighted by molar-refractivity contribution is 6.39. The summed E-state index contributed by atoms with van der Waals surface area (Å²) < 4.78 is 0. The fraction of sp³-hybridized carbons (Fsp3) is 0.625. The molecule has 7 nitrogen and oxygen atoms in total. The van der Waals surface area contributed by atoms with E-state index in [1.165, 1.54) is 0 Å². The SMILES string of the molecule is CC(C)N(C)C(=O)C1=NO[C@]2(CCCN(c3ccncn3)C2)C1. The van der Waals surface area contributed by atoms with Crippen molar-refractivity contribution in [1.29, 1.82) is 0 Å². The van der Waals surface area contributed by atoms with E-state index < -0.39 is 5.60 Å². The predicted molar refractivity (Wildman–Crippen MR) is 87.3 cm³/mol. The lowest BCUT2D eigenvalue weighted by Crippen LogP contribution is -2.49. The lowest BCUT2D eigenvalue weighted by Gasteiger charge is -2.38. The zero-order chi connectivity index (χ0) is 16.4. The van der Waals surface area contributed by atoms with Gasteiger partial charge in [0.1, 0.15) is 17.9 Å². The van der Waals surface area contributed by atoms with E-state index in [1.807, 2.05) is 19.9 Å². The van der Waals surface area contributed by atoms with Crippen LogP contribution < -0.4 is 4.90 Å². The van der Waals surface area contributed by atoms with Gasteiger partial charge in [-0.05, 0) is 32.8 Å². The normalized spacial score (nSPS) is 23.8. The zero-order valence-corrected chi connectivity index (χ0v) is 13.9. The lowest BCUT2D eigenvalue weighted by atomic mass is 9.88. The molecule has 1 aromatic rings. The van der Waals surface area contributed by atoms with Gasteiger partial charge >= 0.3 is 0 Å². The number of aromatic nitrogens is 2. The third-order valence-corrected chi connectivity index (χ3v) is 4.61. The molecule has 1 fully saturated rings. The van der Waals surface area contributed by atoms with E-state index in [0.29, 0.717) is 18.7 Å². The second kappa shape index (κ2) is 6.14. The van der Waals surface area contributed by atoms with Crippen molar-refractivity contribution >= 4 is 17.4 Å². The number of anilines is 1. The van der Waals surface area contributed by atoms with Gasteiger partial charge in [0.25, 0.3) is 5.91 Å². The van der Waals surface area contributed by atoms with E-state index in [-0.39, 0.29) is 11.9 Å². The van der Waals surface area contributed by atoms with Crippen molar-refractivity contribution in [2.24, 2.45) is 5.16 Å². The number of hydrogen-bond donors (Lipinski definition) is 0. The Hall–Kier alpha value is -2.18. The van der Waals surface area contributed by atoms with Crippen molar-refractivity contribution in [3.63, 3.8) is 0 Å². The minimum absolute atomic E-state index is 0.0453. The second-order valence-corrected chi connectivity index (χ2v) is 6.59. The standard InChI is InChI=1S/C16H23N5O2/c1-12(2)20(3)15(22)13-9-16(23-19-13)6-4-8-21(10-16)14-5-7-17-11-18-14/h5,7,11-12H,4,6,8-10H2,1-3H3/t16-/m1/s1. The Balaban J connectivity index is 1.69. The molecule has 1 aromatic heterocycles. The van der Waals surface area contributed by atoms with Crippen molar-refractivity contribution in [3.8, 4) is 0 Å². The Morgan fingerprint density at radius 2 is 2.30 bits per heavy atom. The lowest BCUT2D eigenvalue weighted by molar-refractivity contribution is -0.124. The van der Waals surface area contributed by atoms with Crippen LogP contribution >= 0.6 is 0 Å². The summed E-state index contributed by atoms with van der Waals surface area (Å²) in [6.45, 7) is 5.59.